The number of quaternary nitrogens is 1. The molecule has 2 rings (SSSR count). The molecule has 134 valence electrons. The van der Waals surface area contributed by atoms with E-state index in [1.165, 1.54) is 0 Å². The summed E-state index contributed by atoms with van der Waals surface area (Å²) in [5.74, 6) is 0.310. The highest BCUT2D eigenvalue weighted by Gasteiger charge is 2.12. The lowest BCUT2D eigenvalue weighted by molar-refractivity contribution is -0.686. The number of hydrogen-bond acceptors (Lipinski definition) is 4. The van der Waals surface area contributed by atoms with Gasteiger partial charge in [0, 0.05) is 11.1 Å². The number of aromatic carboxylic acids is 1. The Kier molecular flexibility index (Phi) is 7.28. The zero-order valence-corrected chi connectivity index (χ0v) is 16.0. The van der Waals surface area contributed by atoms with Gasteiger partial charge in [0.05, 0.1) is 23.7 Å². The molecule has 0 bridgehead atoms. The first-order valence-corrected chi connectivity index (χ1v) is 9.04. The molecule has 0 aliphatic rings. The summed E-state index contributed by atoms with van der Waals surface area (Å²) < 4.78 is 12.2. The second kappa shape index (κ2) is 9.44. The Morgan fingerprint density at radius 3 is 2.28 bits per heavy atom. The van der Waals surface area contributed by atoms with Gasteiger partial charge in [-0.25, -0.2) is 0 Å². The van der Waals surface area contributed by atoms with Crippen molar-refractivity contribution in [1.82, 2.24) is 0 Å². The van der Waals surface area contributed by atoms with Gasteiger partial charge < -0.3 is 24.7 Å². The van der Waals surface area contributed by atoms with Crippen molar-refractivity contribution in [3.63, 3.8) is 0 Å². The number of halogens is 1. The second-order valence-corrected chi connectivity index (χ2v) is 6.31. The lowest BCUT2D eigenvalue weighted by Crippen LogP contribution is -2.80. The van der Waals surface area contributed by atoms with Gasteiger partial charge in [0.25, 0.3) is 0 Å². The quantitative estimate of drug-likeness (QED) is 0.688. The number of nitrogens with two attached hydrogens (primary N) is 1. The maximum absolute atomic E-state index is 10.8. The molecule has 0 aliphatic carbocycles. The van der Waals surface area contributed by atoms with Crippen LogP contribution in [-0.4, -0.2) is 19.2 Å². The summed E-state index contributed by atoms with van der Waals surface area (Å²) in [5, 5.41) is 12.9. The molecule has 2 aromatic rings. The van der Waals surface area contributed by atoms with E-state index in [4.69, 9.17) is 9.47 Å². The van der Waals surface area contributed by atoms with Crippen LogP contribution in [0, 0.1) is 0 Å². The summed E-state index contributed by atoms with van der Waals surface area (Å²) in [6.07, 6.45) is 0. The maximum Gasteiger partial charge on any atom is 0.175 e. The number of hydrogen-bond donors (Lipinski definition) is 1. The normalized spacial score (nSPS) is 10.5. The monoisotopic (exact) mass is 407 g/mol. The van der Waals surface area contributed by atoms with Gasteiger partial charge >= 0.3 is 0 Å². The second-order valence-electron chi connectivity index (χ2n) is 5.45. The predicted molar refractivity (Wildman–Crippen MR) is 96.6 cm³/mol. The zero-order valence-electron chi connectivity index (χ0n) is 14.4. The van der Waals surface area contributed by atoms with Crippen LogP contribution in [0.2, 0.25) is 0 Å². The minimum Gasteiger partial charge on any atom is -0.545 e. The molecule has 0 heterocycles. The molecular weight excluding hydrogens is 386 g/mol. The highest BCUT2D eigenvalue weighted by molar-refractivity contribution is 9.10. The summed E-state index contributed by atoms with van der Waals surface area (Å²) >= 11 is 3.55. The Bertz CT molecular complexity index is 716. The fourth-order valence-corrected chi connectivity index (χ4v) is 3.07. The first-order valence-electron chi connectivity index (χ1n) is 8.25. The lowest BCUT2D eigenvalue weighted by Gasteiger charge is -2.14. The van der Waals surface area contributed by atoms with Crippen molar-refractivity contribution in [2.24, 2.45) is 0 Å². The summed E-state index contributed by atoms with van der Waals surface area (Å²) in [5.41, 5.74) is 2.37. The van der Waals surface area contributed by atoms with Crippen molar-refractivity contribution in [2.45, 2.75) is 26.9 Å². The van der Waals surface area contributed by atoms with Crippen LogP contribution in [0.15, 0.2) is 40.9 Å². The number of carbonyl (C=O) groups is 1. The topological polar surface area (TPSA) is 75.2 Å². The van der Waals surface area contributed by atoms with Gasteiger partial charge in [-0.05, 0) is 47.5 Å². The molecule has 0 atom stereocenters. The van der Waals surface area contributed by atoms with E-state index in [2.05, 4.69) is 21.2 Å². The molecular formula is C19H22BrNO4. The van der Waals surface area contributed by atoms with E-state index in [0.29, 0.717) is 13.2 Å². The smallest absolute Gasteiger partial charge is 0.175 e. The number of carboxylic acid groups (broad SMARTS) is 1. The maximum atomic E-state index is 10.8. The van der Waals surface area contributed by atoms with Crippen LogP contribution in [0.3, 0.4) is 0 Å². The molecule has 0 aromatic heterocycles. The molecule has 0 saturated carbocycles. The minimum atomic E-state index is -1.15. The van der Waals surface area contributed by atoms with E-state index in [9.17, 15) is 9.90 Å². The first-order chi connectivity index (χ1) is 12.0. The fourth-order valence-electron chi connectivity index (χ4n) is 2.47. The molecule has 0 unspecified atom stereocenters. The van der Waals surface area contributed by atoms with Crippen molar-refractivity contribution in [3.8, 4) is 11.5 Å². The van der Waals surface area contributed by atoms with Gasteiger partial charge in [-0.2, -0.15) is 0 Å². The van der Waals surface area contributed by atoms with Crippen LogP contribution in [0.4, 0.5) is 0 Å². The van der Waals surface area contributed by atoms with Crippen LogP contribution in [-0.2, 0) is 13.1 Å². The largest absolute Gasteiger partial charge is 0.545 e. The van der Waals surface area contributed by atoms with Crippen molar-refractivity contribution in [2.75, 3.05) is 13.2 Å². The molecule has 2 N–H and O–H groups in total. The molecule has 0 amide bonds. The third kappa shape index (κ3) is 5.47. The predicted octanol–water partition coefficient (Wildman–Crippen LogP) is 1.87. The number of benzene rings is 2. The molecule has 25 heavy (non-hydrogen) atoms. The number of ether oxygens (including phenoxy) is 2. The average Bonchev–Trinajstić information content (AvgIpc) is 2.59. The number of carbonyl (C=O) groups excluding carboxylic acids is 1. The van der Waals surface area contributed by atoms with E-state index in [-0.39, 0.29) is 5.56 Å². The molecule has 0 saturated heterocycles. The van der Waals surface area contributed by atoms with E-state index in [1.807, 2.05) is 26.0 Å². The fraction of sp³-hybridized carbons (Fsp3) is 0.316. The summed E-state index contributed by atoms with van der Waals surface area (Å²) in [7, 11) is 0. The number of carboxylic acids is 1. The van der Waals surface area contributed by atoms with Crippen LogP contribution in [0.5, 0.6) is 11.5 Å². The molecule has 0 radical (unpaired) electrons. The summed E-state index contributed by atoms with van der Waals surface area (Å²) in [4.78, 5) is 10.8. The van der Waals surface area contributed by atoms with Crippen molar-refractivity contribution in [3.05, 3.63) is 57.6 Å². The standard InChI is InChI=1S/C19H22BrNO4/c1-3-24-17-10-14(9-16(20)18(17)25-4-2)12-21-11-13-5-7-15(8-6-13)19(22)23/h5-10,21H,3-4,11-12H2,1-2H3,(H,22,23). The van der Waals surface area contributed by atoms with Gasteiger partial charge in [-0.3, -0.25) is 0 Å². The molecule has 0 spiro atoms. The zero-order chi connectivity index (χ0) is 18.2. The Morgan fingerprint density at radius 1 is 1.04 bits per heavy atom. The summed E-state index contributed by atoms with van der Waals surface area (Å²) in [6, 6.07) is 10.8. The van der Waals surface area contributed by atoms with E-state index in [1.54, 1.807) is 24.3 Å². The van der Waals surface area contributed by atoms with E-state index < -0.39 is 5.97 Å². The van der Waals surface area contributed by atoms with Crippen molar-refractivity contribution >= 4 is 21.9 Å². The van der Waals surface area contributed by atoms with Crippen molar-refractivity contribution in [1.29, 1.82) is 0 Å². The molecule has 6 heteroatoms. The average molecular weight is 408 g/mol. The molecule has 0 aliphatic heterocycles. The van der Waals surface area contributed by atoms with Gasteiger partial charge in [-0.1, -0.05) is 24.3 Å². The van der Waals surface area contributed by atoms with Gasteiger partial charge in [0.2, 0.25) is 0 Å². The Labute approximate surface area is 156 Å². The van der Waals surface area contributed by atoms with Gasteiger partial charge in [-0.15, -0.1) is 0 Å². The third-order valence-electron chi connectivity index (χ3n) is 3.61. The highest BCUT2D eigenvalue weighted by Crippen LogP contribution is 2.36. The van der Waals surface area contributed by atoms with Gasteiger partial charge in [0.15, 0.2) is 11.5 Å². The van der Waals surface area contributed by atoms with Crippen LogP contribution < -0.4 is 19.9 Å². The highest BCUT2D eigenvalue weighted by atomic mass is 79.9. The SMILES string of the molecule is CCOc1cc(C[NH2+]Cc2ccc(C(=O)[O-])cc2)cc(Br)c1OCC. The minimum absolute atomic E-state index is 0.195. The third-order valence-corrected chi connectivity index (χ3v) is 4.20. The van der Waals surface area contributed by atoms with Gasteiger partial charge in [0.1, 0.15) is 13.1 Å². The Balaban J connectivity index is 2.01. The number of rotatable bonds is 9. The van der Waals surface area contributed by atoms with E-state index in [0.717, 1.165) is 40.2 Å². The van der Waals surface area contributed by atoms with E-state index >= 15 is 0 Å². The van der Waals surface area contributed by atoms with Crippen LogP contribution >= 0.6 is 15.9 Å². The van der Waals surface area contributed by atoms with Crippen LogP contribution in [0.25, 0.3) is 0 Å². The molecule has 5 nitrogen and oxygen atoms in total. The first kappa shape index (κ1) is 19.3. The Hall–Kier alpha value is -2.05. The molecule has 0 fully saturated rings. The lowest BCUT2D eigenvalue weighted by atomic mass is 10.1. The van der Waals surface area contributed by atoms with Crippen LogP contribution in [0.1, 0.15) is 35.3 Å². The molecule has 2 aromatic carbocycles. The Morgan fingerprint density at radius 2 is 1.68 bits per heavy atom. The van der Waals surface area contributed by atoms with Crippen molar-refractivity contribution < 1.29 is 24.7 Å². The summed E-state index contributed by atoms with van der Waals surface area (Å²) in [6.45, 7) is 6.56.